The zero-order chi connectivity index (χ0) is 22.3. The fourth-order valence-corrected chi connectivity index (χ4v) is 4.78. The summed E-state index contributed by atoms with van der Waals surface area (Å²) in [5.74, 6) is 0.507. The summed E-state index contributed by atoms with van der Waals surface area (Å²) in [6.45, 7) is 3.87. The number of aromatic amines is 1. The number of amides is 1. The number of nitrogens with one attached hydrogen (secondary N) is 2. The minimum Gasteiger partial charge on any atom is -0.492 e. The summed E-state index contributed by atoms with van der Waals surface area (Å²) in [6, 6.07) is 12.1. The highest BCUT2D eigenvalue weighted by molar-refractivity contribution is 7.89. The van der Waals surface area contributed by atoms with Crippen LogP contribution < -0.4 is 15.2 Å². The Kier molecular flexibility index (Phi) is 5.24. The first-order valence-corrected chi connectivity index (χ1v) is 12.1. The third-order valence-corrected chi connectivity index (χ3v) is 6.80. The van der Waals surface area contributed by atoms with Crippen LogP contribution in [0.2, 0.25) is 0 Å². The zero-order valence-electron chi connectivity index (χ0n) is 17.4. The van der Waals surface area contributed by atoms with Crippen molar-refractivity contribution in [3.05, 3.63) is 53.7 Å². The van der Waals surface area contributed by atoms with Gasteiger partial charge in [-0.25, -0.2) is 13.6 Å². The molecule has 0 spiro atoms. The molecule has 0 bridgehead atoms. The Morgan fingerprint density at radius 1 is 1.09 bits per heavy atom. The molecule has 8 nitrogen and oxygen atoms in total. The molecule has 1 saturated heterocycles. The predicted octanol–water partition coefficient (Wildman–Crippen LogP) is 2.78. The van der Waals surface area contributed by atoms with E-state index in [0.29, 0.717) is 23.4 Å². The molecule has 2 aliphatic rings. The van der Waals surface area contributed by atoms with Crippen LogP contribution in [0.15, 0.2) is 47.4 Å². The summed E-state index contributed by atoms with van der Waals surface area (Å²) in [5, 5.41) is 8.97. The van der Waals surface area contributed by atoms with E-state index in [9.17, 15) is 13.2 Å². The van der Waals surface area contributed by atoms with Gasteiger partial charge in [0.1, 0.15) is 12.4 Å². The van der Waals surface area contributed by atoms with Crippen molar-refractivity contribution >= 4 is 44.2 Å². The molecular formula is C23H24N4O4S. The molecule has 1 amide bonds. The number of anilines is 1. The molecule has 0 saturated carbocycles. The molecule has 166 valence electrons. The maximum Gasteiger partial charge on any atom is 0.256 e. The largest absolute Gasteiger partial charge is 0.492 e. The lowest BCUT2D eigenvalue weighted by Crippen LogP contribution is -2.25. The van der Waals surface area contributed by atoms with E-state index in [1.54, 1.807) is 12.1 Å². The van der Waals surface area contributed by atoms with Crippen LogP contribution in [0.1, 0.15) is 24.1 Å². The lowest BCUT2D eigenvalue weighted by Gasteiger charge is -2.14. The average Bonchev–Trinajstić information content (AvgIpc) is 3.46. The van der Waals surface area contributed by atoms with Gasteiger partial charge in [0.15, 0.2) is 0 Å². The predicted molar refractivity (Wildman–Crippen MR) is 124 cm³/mol. The summed E-state index contributed by atoms with van der Waals surface area (Å²) < 4.78 is 29.3. The standard InChI is InChI=1S/C23H24N4O4S/c24-32(29,30)18-4-6-22-19(14-18)20(23(28)26-22)13-16-11-15-12-17(3-5-21(15)25-16)31-10-9-27-7-1-2-8-27/h3-6,11-14,25H,1-2,7-10H2,(H,26,28)(H2,24,29,30). The number of carbonyl (C=O) groups excluding carboxylic acids is 1. The van der Waals surface area contributed by atoms with Crippen molar-refractivity contribution in [2.75, 3.05) is 31.6 Å². The second-order valence-electron chi connectivity index (χ2n) is 8.14. The second kappa shape index (κ2) is 8.09. The monoisotopic (exact) mass is 452 g/mol. The van der Waals surface area contributed by atoms with Crippen LogP contribution in [0.4, 0.5) is 5.69 Å². The van der Waals surface area contributed by atoms with Gasteiger partial charge in [0.2, 0.25) is 10.0 Å². The lowest BCUT2D eigenvalue weighted by molar-refractivity contribution is -0.110. The van der Waals surface area contributed by atoms with Crippen LogP contribution in [0.5, 0.6) is 5.75 Å². The Bertz CT molecular complexity index is 1340. The number of H-pyrrole nitrogens is 1. The first kappa shape index (κ1) is 20.7. The molecule has 0 aliphatic carbocycles. The number of likely N-dealkylation sites (tertiary alicyclic amines) is 1. The number of sulfonamides is 1. The summed E-state index contributed by atoms with van der Waals surface area (Å²) in [7, 11) is -3.87. The van der Waals surface area contributed by atoms with Crippen LogP contribution in [0.25, 0.3) is 22.6 Å². The Morgan fingerprint density at radius 3 is 2.69 bits per heavy atom. The molecule has 2 aromatic carbocycles. The first-order valence-electron chi connectivity index (χ1n) is 10.5. The highest BCUT2D eigenvalue weighted by Gasteiger charge is 2.26. The molecular weight excluding hydrogens is 428 g/mol. The number of carbonyl (C=O) groups is 1. The van der Waals surface area contributed by atoms with Gasteiger partial charge in [0.05, 0.1) is 10.5 Å². The molecule has 4 N–H and O–H groups in total. The van der Waals surface area contributed by atoms with Gasteiger partial charge >= 0.3 is 0 Å². The number of nitrogens with two attached hydrogens (primary N) is 1. The van der Waals surface area contributed by atoms with Crippen LogP contribution >= 0.6 is 0 Å². The minimum absolute atomic E-state index is 0.0361. The van der Waals surface area contributed by atoms with E-state index >= 15 is 0 Å². The van der Waals surface area contributed by atoms with Crippen LogP contribution in [-0.2, 0) is 14.8 Å². The summed E-state index contributed by atoms with van der Waals surface area (Å²) >= 11 is 0. The topological polar surface area (TPSA) is 118 Å². The Balaban J connectivity index is 1.39. The normalized spacial score (nSPS) is 17.8. The Morgan fingerprint density at radius 2 is 1.91 bits per heavy atom. The van der Waals surface area contributed by atoms with Gasteiger partial charge in [-0.3, -0.25) is 9.69 Å². The number of ether oxygens (including phenoxy) is 1. The van der Waals surface area contributed by atoms with Crippen molar-refractivity contribution < 1.29 is 17.9 Å². The maximum absolute atomic E-state index is 12.5. The number of benzene rings is 2. The van der Waals surface area contributed by atoms with Gasteiger partial charge in [-0.05, 0) is 74.5 Å². The average molecular weight is 453 g/mol. The van der Waals surface area contributed by atoms with Gasteiger partial charge in [-0.2, -0.15) is 0 Å². The quantitative estimate of drug-likeness (QED) is 0.497. The fourth-order valence-electron chi connectivity index (χ4n) is 4.24. The van der Waals surface area contributed by atoms with Crippen molar-refractivity contribution in [1.82, 2.24) is 9.88 Å². The molecule has 1 fully saturated rings. The molecule has 1 aromatic heterocycles. The summed E-state index contributed by atoms with van der Waals surface area (Å²) in [5.41, 5.74) is 3.08. The number of fused-ring (bicyclic) bond motifs is 2. The van der Waals surface area contributed by atoms with Crippen molar-refractivity contribution in [3.63, 3.8) is 0 Å². The summed E-state index contributed by atoms with van der Waals surface area (Å²) in [6.07, 6.45) is 4.24. The molecule has 32 heavy (non-hydrogen) atoms. The summed E-state index contributed by atoms with van der Waals surface area (Å²) in [4.78, 5) is 18.2. The number of primary sulfonamides is 1. The van der Waals surface area contributed by atoms with E-state index in [1.165, 1.54) is 25.0 Å². The van der Waals surface area contributed by atoms with Crippen molar-refractivity contribution in [3.8, 4) is 5.75 Å². The van der Waals surface area contributed by atoms with E-state index in [4.69, 9.17) is 9.88 Å². The number of hydrogen-bond donors (Lipinski definition) is 3. The molecule has 9 heteroatoms. The Labute approximate surface area is 186 Å². The van der Waals surface area contributed by atoms with Gasteiger partial charge in [-0.1, -0.05) is 0 Å². The highest BCUT2D eigenvalue weighted by atomic mass is 32.2. The molecule has 3 aromatic rings. The molecule has 2 aliphatic heterocycles. The van der Waals surface area contributed by atoms with Crippen LogP contribution in [0, 0.1) is 0 Å². The highest BCUT2D eigenvalue weighted by Crippen LogP contribution is 2.35. The van der Waals surface area contributed by atoms with Gasteiger partial charge in [-0.15, -0.1) is 0 Å². The molecule has 0 atom stereocenters. The third-order valence-electron chi connectivity index (χ3n) is 5.89. The van der Waals surface area contributed by atoms with Gasteiger partial charge in [0, 0.05) is 34.4 Å². The van der Waals surface area contributed by atoms with E-state index in [2.05, 4.69) is 15.2 Å². The lowest BCUT2D eigenvalue weighted by atomic mass is 10.1. The number of nitrogens with zero attached hydrogens (tertiary/aromatic N) is 1. The number of hydrogen-bond acceptors (Lipinski definition) is 5. The van der Waals surface area contributed by atoms with E-state index < -0.39 is 10.0 Å². The Hall–Kier alpha value is -3.14. The van der Waals surface area contributed by atoms with Crippen LogP contribution in [0.3, 0.4) is 0 Å². The zero-order valence-corrected chi connectivity index (χ0v) is 18.2. The molecule has 0 unspecified atom stereocenters. The van der Waals surface area contributed by atoms with Crippen molar-refractivity contribution in [2.24, 2.45) is 5.14 Å². The SMILES string of the molecule is NS(=O)(=O)c1ccc2c(c1)C(=Cc1cc3cc(OCCN4CCCC4)ccc3[nH]1)C(=O)N2. The third kappa shape index (κ3) is 4.14. The van der Waals surface area contributed by atoms with E-state index in [0.717, 1.165) is 42.0 Å². The van der Waals surface area contributed by atoms with Crippen molar-refractivity contribution in [1.29, 1.82) is 0 Å². The number of aromatic nitrogens is 1. The van der Waals surface area contributed by atoms with Gasteiger partial charge in [0.25, 0.3) is 5.91 Å². The van der Waals surface area contributed by atoms with Crippen LogP contribution in [-0.4, -0.2) is 50.5 Å². The van der Waals surface area contributed by atoms with E-state index in [1.807, 2.05) is 24.3 Å². The maximum atomic E-state index is 12.5. The van der Waals surface area contributed by atoms with Crippen molar-refractivity contribution in [2.45, 2.75) is 17.7 Å². The molecule has 0 radical (unpaired) electrons. The smallest absolute Gasteiger partial charge is 0.256 e. The van der Waals surface area contributed by atoms with E-state index in [-0.39, 0.29) is 10.8 Å². The van der Waals surface area contributed by atoms with Gasteiger partial charge < -0.3 is 15.0 Å². The second-order valence-corrected chi connectivity index (χ2v) is 9.70. The number of rotatable bonds is 6. The fraction of sp³-hybridized carbons (Fsp3) is 0.261. The molecule has 5 rings (SSSR count). The first-order chi connectivity index (χ1) is 15.4. The minimum atomic E-state index is -3.87. The molecule has 3 heterocycles.